The molecule has 0 bridgehead atoms. The van der Waals surface area contributed by atoms with Gasteiger partial charge in [-0.15, -0.1) is 0 Å². The van der Waals surface area contributed by atoms with Gasteiger partial charge in [0, 0.05) is 6.42 Å². The van der Waals surface area contributed by atoms with Gasteiger partial charge in [0.25, 0.3) is 0 Å². The number of aromatic amines is 1. The zero-order valence-corrected chi connectivity index (χ0v) is 5.91. The predicted octanol–water partition coefficient (Wildman–Crippen LogP) is 0.118. The second-order valence-corrected chi connectivity index (χ2v) is 2.30. The van der Waals surface area contributed by atoms with Crippen molar-refractivity contribution >= 4 is 0 Å². The van der Waals surface area contributed by atoms with E-state index in [9.17, 15) is 0 Å². The van der Waals surface area contributed by atoms with Gasteiger partial charge in [-0.2, -0.15) is 5.10 Å². The quantitative estimate of drug-likeness (QED) is 0.628. The van der Waals surface area contributed by atoms with E-state index in [0.717, 1.165) is 18.7 Å². The third kappa shape index (κ3) is 2.14. The van der Waals surface area contributed by atoms with Gasteiger partial charge >= 0.3 is 0 Å². The topological polar surface area (TPSA) is 61.8 Å². The van der Waals surface area contributed by atoms with Crippen molar-refractivity contribution in [3.8, 4) is 0 Å². The zero-order chi connectivity index (χ0) is 7.40. The van der Waals surface area contributed by atoms with Crippen LogP contribution in [0.1, 0.15) is 19.2 Å². The van der Waals surface area contributed by atoms with Crippen LogP contribution in [0, 0.1) is 0 Å². The van der Waals surface area contributed by atoms with Crippen LogP contribution in [-0.4, -0.2) is 26.4 Å². The molecule has 0 aliphatic heterocycles. The zero-order valence-electron chi connectivity index (χ0n) is 5.91. The molecule has 1 aromatic rings. The summed E-state index contributed by atoms with van der Waals surface area (Å²) in [6.45, 7) is 1.76. The van der Waals surface area contributed by atoms with Crippen LogP contribution in [0.4, 0.5) is 0 Å². The number of aryl methyl sites for hydroxylation is 1. The van der Waals surface area contributed by atoms with Crippen LogP contribution >= 0.6 is 0 Å². The van der Waals surface area contributed by atoms with Crippen LogP contribution in [-0.2, 0) is 6.42 Å². The highest BCUT2D eigenvalue weighted by atomic mass is 16.3. The minimum absolute atomic E-state index is 0.265. The highest BCUT2D eigenvalue weighted by molar-refractivity contribution is 4.79. The third-order valence-electron chi connectivity index (χ3n) is 1.25. The van der Waals surface area contributed by atoms with E-state index in [1.807, 2.05) is 0 Å². The summed E-state index contributed by atoms with van der Waals surface area (Å²) in [5, 5.41) is 15.3. The normalized spacial score (nSPS) is 13.4. The van der Waals surface area contributed by atoms with Gasteiger partial charge in [0.15, 0.2) is 0 Å². The van der Waals surface area contributed by atoms with E-state index in [4.69, 9.17) is 5.11 Å². The molecule has 4 heteroatoms. The highest BCUT2D eigenvalue weighted by Gasteiger charge is 1.99. The van der Waals surface area contributed by atoms with E-state index in [-0.39, 0.29) is 6.10 Å². The molecule has 0 aromatic carbocycles. The average Bonchev–Trinajstić information content (AvgIpc) is 2.34. The Hall–Kier alpha value is -0.900. The smallest absolute Gasteiger partial charge is 0.150 e. The van der Waals surface area contributed by atoms with Crippen molar-refractivity contribution in [3.63, 3.8) is 0 Å². The summed E-state index contributed by atoms with van der Waals surface area (Å²) in [6.07, 6.45) is 2.73. The summed E-state index contributed by atoms with van der Waals surface area (Å²) in [6, 6.07) is 0. The van der Waals surface area contributed by atoms with Gasteiger partial charge in [-0.3, -0.25) is 5.10 Å². The summed E-state index contributed by atoms with van der Waals surface area (Å²) in [5.41, 5.74) is 0. The van der Waals surface area contributed by atoms with Crippen molar-refractivity contribution in [1.29, 1.82) is 0 Å². The fraction of sp³-hybridized carbons (Fsp3) is 0.667. The lowest BCUT2D eigenvalue weighted by atomic mass is 10.2. The Morgan fingerprint density at radius 2 is 2.60 bits per heavy atom. The molecule has 0 saturated heterocycles. The number of rotatable bonds is 3. The first-order valence-corrected chi connectivity index (χ1v) is 3.32. The van der Waals surface area contributed by atoms with Crippen molar-refractivity contribution in [2.45, 2.75) is 25.9 Å². The molecule has 0 fully saturated rings. The molecule has 0 amide bonds. The summed E-state index contributed by atoms with van der Waals surface area (Å²) >= 11 is 0. The van der Waals surface area contributed by atoms with E-state index in [1.54, 1.807) is 6.92 Å². The highest BCUT2D eigenvalue weighted by Crippen LogP contribution is 1.96. The summed E-state index contributed by atoms with van der Waals surface area (Å²) in [4.78, 5) is 3.91. The molecule has 1 atom stereocenters. The number of nitrogens with zero attached hydrogens (tertiary/aromatic N) is 2. The Morgan fingerprint density at radius 1 is 1.80 bits per heavy atom. The Morgan fingerprint density at radius 3 is 3.10 bits per heavy atom. The Labute approximate surface area is 59.3 Å². The first-order chi connectivity index (χ1) is 4.79. The molecule has 10 heavy (non-hydrogen) atoms. The van der Waals surface area contributed by atoms with Crippen molar-refractivity contribution in [1.82, 2.24) is 15.2 Å². The number of aliphatic hydroxyl groups is 1. The van der Waals surface area contributed by atoms with E-state index in [0.29, 0.717) is 0 Å². The first-order valence-electron chi connectivity index (χ1n) is 3.32. The number of hydrogen-bond donors (Lipinski definition) is 2. The van der Waals surface area contributed by atoms with Gasteiger partial charge in [-0.1, -0.05) is 0 Å². The van der Waals surface area contributed by atoms with Crippen LogP contribution in [0.15, 0.2) is 6.33 Å². The maximum absolute atomic E-state index is 8.89. The average molecular weight is 141 g/mol. The number of hydrogen-bond acceptors (Lipinski definition) is 3. The van der Waals surface area contributed by atoms with Crippen LogP contribution in [0.25, 0.3) is 0 Å². The minimum atomic E-state index is -0.265. The van der Waals surface area contributed by atoms with E-state index in [1.165, 1.54) is 6.33 Å². The molecular weight excluding hydrogens is 130 g/mol. The summed E-state index contributed by atoms with van der Waals surface area (Å²) < 4.78 is 0. The molecule has 56 valence electrons. The molecule has 1 heterocycles. The van der Waals surface area contributed by atoms with E-state index >= 15 is 0 Å². The second kappa shape index (κ2) is 3.31. The largest absolute Gasteiger partial charge is 0.393 e. The van der Waals surface area contributed by atoms with Gasteiger partial charge in [0.1, 0.15) is 12.2 Å². The lowest BCUT2D eigenvalue weighted by Gasteiger charge is -1.98. The standard InChI is InChI=1S/C6H11N3O/c1-5(10)2-3-6-7-4-8-9-6/h4-5,10H,2-3H2,1H3,(H,7,8,9). The minimum Gasteiger partial charge on any atom is -0.393 e. The predicted molar refractivity (Wildman–Crippen MR) is 36.4 cm³/mol. The molecule has 1 rings (SSSR count). The molecule has 0 aliphatic carbocycles. The van der Waals surface area contributed by atoms with Gasteiger partial charge in [0.05, 0.1) is 6.10 Å². The van der Waals surface area contributed by atoms with Crippen LogP contribution in [0.5, 0.6) is 0 Å². The maximum atomic E-state index is 8.89. The van der Waals surface area contributed by atoms with Crippen molar-refractivity contribution in [2.24, 2.45) is 0 Å². The van der Waals surface area contributed by atoms with Crippen LogP contribution < -0.4 is 0 Å². The van der Waals surface area contributed by atoms with Gasteiger partial charge in [-0.05, 0) is 13.3 Å². The molecular formula is C6H11N3O. The molecule has 0 spiro atoms. The Bertz CT molecular complexity index is 171. The monoisotopic (exact) mass is 141 g/mol. The molecule has 4 nitrogen and oxygen atoms in total. The van der Waals surface area contributed by atoms with E-state index in [2.05, 4.69) is 15.2 Å². The maximum Gasteiger partial charge on any atom is 0.150 e. The third-order valence-corrected chi connectivity index (χ3v) is 1.25. The van der Waals surface area contributed by atoms with Crippen LogP contribution in [0.2, 0.25) is 0 Å². The summed E-state index contributed by atoms with van der Waals surface area (Å²) in [7, 11) is 0. The first kappa shape index (κ1) is 7.21. The Balaban J connectivity index is 2.28. The molecule has 0 radical (unpaired) electrons. The second-order valence-electron chi connectivity index (χ2n) is 2.30. The van der Waals surface area contributed by atoms with Crippen molar-refractivity contribution in [3.05, 3.63) is 12.2 Å². The van der Waals surface area contributed by atoms with Crippen LogP contribution in [0.3, 0.4) is 0 Å². The fourth-order valence-electron chi connectivity index (χ4n) is 0.694. The lowest BCUT2D eigenvalue weighted by Crippen LogP contribution is -2.02. The Kier molecular flexibility index (Phi) is 2.39. The number of nitrogens with one attached hydrogen (secondary N) is 1. The molecule has 2 N–H and O–H groups in total. The van der Waals surface area contributed by atoms with Gasteiger partial charge in [0.2, 0.25) is 0 Å². The number of H-pyrrole nitrogens is 1. The molecule has 1 unspecified atom stereocenters. The summed E-state index contributed by atoms with van der Waals surface area (Å²) in [5.74, 6) is 0.765. The fourth-order valence-corrected chi connectivity index (χ4v) is 0.694. The lowest BCUT2D eigenvalue weighted by molar-refractivity contribution is 0.184. The van der Waals surface area contributed by atoms with Gasteiger partial charge < -0.3 is 5.11 Å². The van der Waals surface area contributed by atoms with Crippen molar-refractivity contribution in [2.75, 3.05) is 0 Å². The number of aromatic nitrogens is 3. The molecule has 1 aromatic heterocycles. The number of aliphatic hydroxyl groups excluding tert-OH is 1. The van der Waals surface area contributed by atoms with E-state index < -0.39 is 0 Å². The molecule has 0 saturated carbocycles. The van der Waals surface area contributed by atoms with Crippen molar-refractivity contribution < 1.29 is 5.11 Å². The van der Waals surface area contributed by atoms with Gasteiger partial charge in [-0.25, -0.2) is 4.98 Å². The SMILES string of the molecule is CC(O)CCc1nc[nH]n1. The molecule has 0 aliphatic rings.